The zero-order valence-electron chi connectivity index (χ0n) is 21.9. The normalized spacial score (nSPS) is 11.8. The Morgan fingerprint density at radius 3 is 2.49 bits per heavy atom. The van der Waals surface area contributed by atoms with Crippen LogP contribution in [-0.4, -0.2) is 12.5 Å². The van der Waals surface area contributed by atoms with Crippen molar-refractivity contribution in [2.24, 2.45) is 0 Å². The summed E-state index contributed by atoms with van der Waals surface area (Å²) in [5.41, 5.74) is 8.65. The van der Waals surface area contributed by atoms with Crippen LogP contribution in [0.15, 0.2) is 83.5 Å². The van der Waals surface area contributed by atoms with Gasteiger partial charge in [-0.05, 0) is 85.9 Å². The standard InChI is InChI=1S/C33H31NO3/c1-6-36-32-23(5)33-29(30(19-37-33)27-13-9-11-24-10-7-8-12-26(24)27)18-28(32)22(4)17-31(35)34-25-15-14-20(2)21(3)16-25/h7-19H,6H2,1-5H3,(H,34,35)/b22-17+. The molecule has 0 aliphatic carbocycles. The molecule has 0 bridgehead atoms. The second-order valence-corrected chi connectivity index (χ2v) is 9.48. The van der Waals surface area contributed by atoms with Crippen LogP contribution in [0.1, 0.15) is 36.1 Å². The van der Waals surface area contributed by atoms with Crippen molar-refractivity contribution in [3.8, 4) is 16.9 Å². The van der Waals surface area contributed by atoms with E-state index in [2.05, 4.69) is 54.7 Å². The number of hydrogen-bond donors (Lipinski definition) is 1. The lowest BCUT2D eigenvalue weighted by molar-refractivity contribution is -0.111. The average Bonchev–Trinajstić information content (AvgIpc) is 3.31. The molecule has 0 atom stereocenters. The molecule has 0 aliphatic heterocycles. The molecule has 37 heavy (non-hydrogen) atoms. The van der Waals surface area contributed by atoms with Gasteiger partial charge in [0.25, 0.3) is 0 Å². The maximum atomic E-state index is 12.9. The molecule has 0 saturated heterocycles. The number of amides is 1. The third-order valence-corrected chi connectivity index (χ3v) is 6.96. The number of nitrogens with one attached hydrogen (secondary N) is 1. The maximum Gasteiger partial charge on any atom is 0.248 e. The van der Waals surface area contributed by atoms with Crippen molar-refractivity contribution in [3.63, 3.8) is 0 Å². The largest absolute Gasteiger partial charge is 0.493 e. The number of furan rings is 1. The predicted octanol–water partition coefficient (Wildman–Crippen LogP) is 8.62. The Morgan fingerprint density at radius 1 is 0.919 bits per heavy atom. The number of carbonyl (C=O) groups excluding carboxylic acids is 1. The van der Waals surface area contributed by atoms with E-state index in [4.69, 9.17) is 9.15 Å². The molecular formula is C33H31NO3. The number of aryl methyl sites for hydroxylation is 3. The van der Waals surface area contributed by atoms with Crippen molar-refractivity contribution in [2.45, 2.75) is 34.6 Å². The fourth-order valence-corrected chi connectivity index (χ4v) is 4.88. The highest BCUT2D eigenvalue weighted by molar-refractivity contribution is 6.08. The summed E-state index contributed by atoms with van der Waals surface area (Å²) in [5.74, 6) is 0.559. The number of rotatable bonds is 6. The van der Waals surface area contributed by atoms with Gasteiger partial charge in [-0.15, -0.1) is 0 Å². The summed E-state index contributed by atoms with van der Waals surface area (Å²) in [6, 6.07) is 22.7. The van der Waals surface area contributed by atoms with E-state index in [1.165, 1.54) is 16.3 Å². The van der Waals surface area contributed by atoms with Gasteiger partial charge in [-0.3, -0.25) is 4.79 Å². The van der Waals surface area contributed by atoms with E-state index in [0.717, 1.165) is 55.8 Å². The van der Waals surface area contributed by atoms with E-state index in [0.29, 0.717) is 6.61 Å². The summed E-state index contributed by atoms with van der Waals surface area (Å²) in [6.07, 6.45) is 3.46. The number of fused-ring (bicyclic) bond motifs is 2. The highest BCUT2D eigenvalue weighted by atomic mass is 16.5. The first kappa shape index (κ1) is 24.4. The van der Waals surface area contributed by atoms with E-state index < -0.39 is 0 Å². The Morgan fingerprint density at radius 2 is 1.70 bits per heavy atom. The van der Waals surface area contributed by atoms with Gasteiger partial charge >= 0.3 is 0 Å². The van der Waals surface area contributed by atoms with Gasteiger partial charge in [0.1, 0.15) is 11.3 Å². The van der Waals surface area contributed by atoms with Crippen molar-refractivity contribution < 1.29 is 13.9 Å². The van der Waals surface area contributed by atoms with Gasteiger partial charge in [-0.2, -0.15) is 0 Å². The molecule has 4 nitrogen and oxygen atoms in total. The topological polar surface area (TPSA) is 51.5 Å². The summed E-state index contributed by atoms with van der Waals surface area (Å²) in [5, 5.41) is 6.33. The molecule has 0 aliphatic rings. The van der Waals surface area contributed by atoms with E-state index >= 15 is 0 Å². The van der Waals surface area contributed by atoms with E-state index in [-0.39, 0.29) is 5.91 Å². The van der Waals surface area contributed by atoms with Crippen LogP contribution < -0.4 is 10.1 Å². The Labute approximate surface area is 217 Å². The first-order chi connectivity index (χ1) is 17.9. The molecule has 0 unspecified atom stereocenters. The lowest BCUT2D eigenvalue weighted by Crippen LogP contribution is -2.09. The number of benzene rings is 4. The zero-order chi connectivity index (χ0) is 26.1. The third-order valence-electron chi connectivity index (χ3n) is 6.96. The molecule has 5 rings (SSSR count). The van der Waals surface area contributed by atoms with Crippen LogP contribution in [0.4, 0.5) is 5.69 Å². The minimum atomic E-state index is -0.178. The van der Waals surface area contributed by atoms with Gasteiger partial charge < -0.3 is 14.5 Å². The van der Waals surface area contributed by atoms with Crippen LogP contribution >= 0.6 is 0 Å². The molecule has 5 aromatic rings. The van der Waals surface area contributed by atoms with Gasteiger partial charge in [0, 0.05) is 33.8 Å². The third kappa shape index (κ3) is 4.63. The lowest BCUT2D eigenvalue weighted by atomic mass is 9.94. The predicted molar refractivity (Wildman–Crippen MR) is 153 cm³/mol. The Kier molecular flexibility index (Phi) is 6.58. The smallest absolute Gasteiger partial charge is 0.248 e. The molecule has 4 heteroatoms. The van der Waals surface area contributed by atoms with Crippen LogP contribution in [0.2, 0.25) is 0 Å². The van der Waals surface area contributed by atoms with E-state index in [1.807, 2.05) is 58.2 Å². The first-order valence-corrected chi connectivity index (χ1v) is 12.6. The molecule has 4 aromatic carbocycles. The van der Waals surface area contributed by atoms with Gasteiger partial charge in [-0.1, -0.05) is 48.5 Å². The van der Waals surface area contributed by atoms with Crippen LogP contribution in [0.5, 0.6) is 5.75 Å². The molecule has 1 N–H and O–H groups in total. The molecule has 0 saturated carbocycles. The van der Waals surface area contributed by atoms with E-state index in [9.17, 15) is 4.79 Å². The molecule has 1 amide bonds. The molecule has 0 fully saturated rings. The van der Waals surface area contributed by atoms with Crippen LogP contribution in [0.3, 0.4) is 0 Å². The molecule has 1 aromatic heterocycles. The number of ether oxygens (including phenoxy) is 1. The zero-order valence-corrected chi connectivity index (χ0v) is 21.9. The van der Waals surface area contributed by atoms with Crippen molar-refractivity contribution in [2.75, 3.05) is 11.9 Å². The highest BCUT2D eigenvalue weighted by Crippen LogP contribution is 2.42. The van der Waals surface area contributed by atoms with Crippen molar-refractivity contribution >= 4 is 38.9 Å². The summed E-state index contributed by atoms with van der Waals surface area (Å²) < 4.78 is 12.2. The lowest BCUT2D eigenvalue weighted by Gasteiger charge is -2.15. The van der Waals surface area contributed by atoms with Crippen molar-refractivity contribution in [1.82, 2.24) is 0 Å². The van der Waals surface area contributed by atoms with Crippen LogP contribution in [0.25, 0.3) is 38.4 Å². The molecule has 0 radical (unpaired) electrons. The SMILES string of the molecule is CCOc1c(/C(C)=C/C(=O)Nc2ccc(C)c(C)c2)cc2c(-c3cccc4ccccc34)coc2c1C. The monoisotopic (exact) mass is 489 g/mol. The van der Waals surface area contributed by atoms with Crippen LogP contribution in [-0.2, 0) is 4.79 Å². The fourth-order valence-electron chi connectivity index (χ4n) is 4.88. The summed E-state index contributed by atoms with van der Waals surface area (Å²) >= 11 is 0. The number of carbonyl (C=O) groups is 1. The molecule has 1 heterocycles. The van der Waals surface area contributed by atoms with Crippen molar-refractivity contribution in [3.05, 3.63) is 101 Å². The number of allylic oxidation sites excluding steroid dienone is 1. The molecule has 0 spiro atoms. The Hall–Kier alpha value is -4.31. The minimum absolute atomic E-state index is 0.178. The molecular weight excluding hydrogens is 458 g/mol. The quantitative estimate of drug-likeness (QED) is 0.243. The van der Waals surface area contributed by atoms with Gasteiger partial charge in [0.2, 0.25) is 5.91 Å². The first-order valence-electron chi connectivity index (χ1n) is 12.6. The maximum absolute atomic E-state index is 12.9. The van der Waals surface area contributed by atoms with Gasteiger partial charge in [0.15, 0.2) is 0 Å². The highest BCUT2D eigenvalue weighted by Gasteiger charge is 2.20. The Balaban J connectivity index is 1.61. The summed E-state index contributed by atoms with van der Waals surface area (Å²) in [4.78, 5) is 12.9. The average molecular weight is 490 g/mol. The summed E-state index contributed by atoms with van der Waals surface area (Å²) in [7, 11) is 0. The summed E-state index contributed by atoms with van der Waals surface area (Å²) in [6.45, 7) is 10.5. The minimum Gasteiger partial charge on any atom is -0.493 e. The molecule has 186 valence electrons. The van der Waals surface area contributed by atoms with Crippen LogP contribution in [0, 0.1) is 20.8 Å². The second-order valence-electron chi connectivity index (χ2n) is 9.48. The van der Waals surface area contributed by atoms with Gasteiger partial charge in [-0.25, -0.2) is 0 Å². The Bertz CT molecular complexity index is 1670. The fraction of sp³-hybridized carbons (Fsp3) is 0.182. The van der Waals surface area contributed by atoms with E-state index in [1.54, 1.807) is 6.08 Å². The van der Waals surface area contributed by atoms with Crippen molar-refractivity contribution in [1.29, 1.82) is 0 Å². The number of anilines is 1. The van der Waals surface area contributed by atoms with Gasteiger partial charge in [0.05, 0.1) is 12.9 Å². The second kappa shape index (κ2) is 9.98. The number of hydrogen-bond acceptors (Lipinski definition) is 3.